The Hall–Kier alpha value is -4.91. The van der Waals surface area contributed by atoms with E-state index in [1.54, 1.807) is 12.1 Å². The molecule has 0 spiro atoms. The summed E-state index contributed by atoms with van der Waals surface area (Å²) in [6.07, 6.45) is 4.59. The molecule has 1 aliphatic heterocycles. The maximum atomic E-state index is 14.5. The summed E-state index contributed by atoms with van der Waals surface area (Å²) in [6, 6.07) is 35.8. The van der Waals surface area contributed by atoms with Crippen LogP contribution in [0.1, 0.15) is 55.8 Å². The summed E-state index contributed by atoms with van der Waals surface area (Å²) in [5.41, 5.74) is 5.43. The van der Waals surface area contributed by atoms with Crippen molar-refractivity contribution in [3.8, 4) is 0 Å². The lowest BCUT2D eigenvalue weighted by atomic mass is 9.90. The van der Waals surface area contributed by atoms with E-state index in [4.69, 9.17) is 9.47 Å². The number of hydrogen-bond acceptors (Lipinski definition) is 5. The first-order chi connectivity index (χ1) is 22.4. The lowest BCUT2D eigenvalue weighted by molar-refractivity contribution is 0.0591. The number of methoxy groups -OCH3 is 2. The topological polar surface area (TPSA) is 76.2 Å². The van der Waals surface area contributed by atoms with E-state index in [-0.39, 0.29) is 30.1 Å². The van der Waals surface area contributed by atoms with Gasteiger partial charge in [-0.1, -0.05) is 84.9 Å². The minimum absolute atomic E-state index is 0.0263. The zero-order valence-corrected chi connectivity index (χ0v) is 26.6. The quantitative estimate of drug-likeness (QED) is 0.154. The molecule has 7 nitrogen and oxygen atoms in total. The molecule has 1 saturated heterocycles. The molecule has 1 heterocycles. The molecule has 1 fully saturated rings. The second-order valence-electron chi connectivity index (χ2n) is 11.8. The lowest BCUT2D eigenvalue weighted by Crippen LogP contribution is -2.60. The summed E-state index contributed by atoms with van der Waals surface area (Å²) < 4.78 is 9.84. The third-order valence-electron chi connectivity index (χ3n) is 8.82. The van der Waals surface area contributed by atoms with Crippen LogP contribution in [-0.2, 0) is 35.2 Å². The molecule has 4 aromatic carbocycles. The van der Waals surface area contributed by atoms with Gasteiger partial charge in [-0.15, -0.1) is 0 Å². The van der Waals surface area contributed by atoms with Gasteiger partial charge in [0.05, 0.1) is 25.3 Å². The molecular weight excluding hydrogens is 576 g/mol. The highest BCUT2D eigenvalue weighted by Gasteiger charge is 2.38. The van der Waals surface area contributed by atoms with Crippen LogP contribution in [0, 0.1) is 0 Å². The number of nitrogens with zero attached hydrogens (tertiary/aromatic N) is 2. The Balaban J connectivity index is 1.41. The molecular formula is C39H42N2O5. The van der Waals surface area contributed by atoms with Crippen LogP contribution >= 0.6 is 0 Å². The maximum absolute atomic E-state index is 14.5. The van der Waals surface area contributed by atoms with E-state index >= 15 is 0 Å². The van der Waals surface area contributed by atoms with Crippen molar-refractivity contribution in [1.82, 2.24) is 9.80 Å². The molecule has 1 aliphatic rings. The second-order valence-corrected chi connectivity index (χ2v) is 11.8. The number of carbonyl (C=O) groups is 3. The van der Waals surface area contributed by atoms with Gasteiger partial charge in [-0.25, -0.2) is 14.4 Å². The van der Waals surface area contributed by atoms with Crippen LogP contribution in [0.2, 0.25) is 0 Å². The molecule has 0 saturated carbocycles. The summed E-state index contributed by atoms with van der Waals surface area (Å²) in [4.78, 5) is 42.9. The van der Waals surface area contributed by atoms with Crippen LogP contribution in [0.5, 0.6) is 0 Å². The molecule has 0 aromatic heterocycles. The Morgan fingerprint density at radius 3 is 1.61 bits per heavy atom. The van der Waals surface area contributed by atoms with Gasteiger partial charge in [0, 0.05) is 25.2 Å². The van der Waals surface area contributed by atoms with Gasteiger partial charge in [0.1, 0.15) is 0 Å². The zero-order valence-electron chi connectivity index (χ0n) is 26.6. The van der Waals surface area contributed by atoms with Gasteiger partial charge in [-0.05, 0) is 85.0 Å². The Morgan fingerprint density at radius 2 is 1.09 bits per heavy atom. The number of amides is 2. The Kier molecular flexibility index (Phi) is 11.2. The van der Waals surface area contributed by atoms with E-state index in [0.29, 0.717) is 37.1 Å². The first-order valence-electron chi connectivity index (χ1n) is 15.9. The molecule has 2 amide bonds. The fraction of sp³-hybridized carbons (Fsp3) is 0.308. The molecule has 7 heteroatoms. The van der Waals surface area contributed by atoms with Crippen LogP contribution in [0.3, 0.4) is 0 Å². The predicted octanol–water partition coefficient (Wildman–Crippen LogP) is 6.79. The molecule has 0 bridgehead atoms. The molecule has 46 heavy (non-hydrogen) atoms. The van der Waals surface area contributed by atoms with E-state index < -0.39 is 0 Å². The normalized spacial score (nSPS) is 16.3. The number of benzene rings is 4. The average Bonchev–Trinajstić information content (AvgIpc) is 3.10. The van der Waals surface area contributed by atoms with Crippen molar-refractivity contribution in [2.24, 2.45) is 0 Å². The van der Waals surface area contributed by atoms with Gasteiger partial charge in [0.25, 0.3) is 0 Å². The van der Waals surface area contributed by atoms with Crippen LogP contribution in [-0.4, -0.2) is 67.2 Å². The van der Waals surface area contributed by atoms with Crippen LogP contribution in [0.15, 0.2) is 109 Å². The maximum Gasteiger partial charge on any atom is 0.337 e. The van der Waals surface area contributed by atoms with Crippen molar-refractivity contribution in [3.63, 3.8) is 0 Å². The summed E-state index contributed by atoms with van der Waals surface area (Å²) in [6.45, 7) is 1.07. The summed E-state index contributed by atoms with van der Waals surface area (Å²) in [7, 11) is 2.76. The third-order valence-corrected chi connectivity index (χ3v) is 8.82. The van der Waals surface area contributed by atoms with Crippen molar-refractivity contribution in [2.45, 2.75) is 50.6 Å². The van der Waals surface area contributed by atoms with Gasteiger partial charge in [-0.3, -0.25) is 0 Å². The highest BCUT2D eigenvalue weighted by molar-refractivity contribution is 5.90. The third kappa shape index (κ3) is 8.42. The fourth-order valence-electron chi connectivity index (χ4n) is 6.38. The predicted molar refractivity (Wildman–Crippen MR) is 179 cm³/mol. The average molecular weight is 619 g/mol. The number of carbonyl (C=O) groups excluding carboxylic acids is 3. The monoisotopic (exact) mass is 618 g/mol. The zero-order chi connectivity index (χ0) is 32.3. The largest absolute Gasteiger partial charge is 0.465 e. The van der Waals surface area contributed by atoms with E-state index in [9.17, 15) is 14.4 Å². The molecule has 0 radical (unpaired) electrons. The molecule has 2 atom stereocenters. The van der Waals surface area contributed by atoms with Crippen molar-refractivity contribution < 1.29 is 23.9 Å². The molecule has 5 rings (SSSR count). The van der Waals surface area contributed by atoms with Gasteiger partial charge < -0.3 is 19.3 Å². The Bertz CT molecular complexity index is 1610. The number of esters is 2. The van der Waals surface area contributed by atoms with E-state index in [1.807, 2.05) is 70.5 Å². The smallest absolute Gasteiger partial charge is 0.337 e. The van der Waals surface area contributed by atoms with Crippen LogP contribution in [0.25, 0.3) is 0 Å². The minimum Gasteiger partial charge on any atom is -0.465 e. The highest BCUT2D eigenvalue weighted by Crippen LogP contribution is 2.29. The van der Waals surface area contributed by atoms with Crippen LogP contribution in [0.4, 0.5) is 4.79 Å². The van der Waals surface area contributed by atoms with Crippen molar-refractivity contribution in [2.75, 3.05) is 27.3 Å². The molecule has 238 valence electrons. The first-order valence-corrected chi connectivity index (χ1v) is 15.9. The minimum atomic E-state index is -0.374. The van der Waals surface area contributed by atoms with Gasteiger partial charge >= 0.3 is 18.0 Å². The molecule has 0 N–H and O–H groups in total. The Labute approximate surface area is 271 Å². The number of aryl methyl sites for hydroxylation is 1. The van der Waals surface area contributed by atoms with E-state index in [1.165, 1.54) is 25.3 Å². The number of rotatable bonds is 13. The van der Waals surface area contributed by atoms with E-state index in [0.717, 1.165) is 36.8 Å². The van der Waals surface area contributed by atoms with Gasteiger partial charge in [0.15, 0.2) is 0 Å². The summed E-state index contributed by atoms with van der Waals surface area (Å²) in [5.74, 6) is -0.746. The lowest BCUT2D eigenvalue weighted by Gasteiger charge is -2.47. The molecule has 0 unspecified atom stereocenters. The highest BCUT2D eigenvalue weighted by atomic mass is 16.5. The Morgan fingerprint density at radius 1 is 0.609 bits per heavy atom. The molecule has 0 aliphatic carbocycles. The number of hydrogen-bond donors (Lipinski definition) is 0. The number of ether oxygens (including phenoxy) is 2. The summed E-state index contributed by atoms with van der Waals surface area (Å²) >= 11 is 0. The van der Waals surface area contributed by atoms with E-state index in [2.05, 4.69) is 36.4 Å². The van der Waals surface area contributed by atoms with Crippen LogP contribution < -0.4 is 0 Å². The van der Waals surface area contributed by atoms with Crippen molar-refractivity contribution in [3.05, 3.63) is 143 Å². The van der Waals surface area contributed by atoms with Gasteiger partial charge in [-0.2, -0.15) is 0 Å². The fourth-order valence-corrected chi connectivity index (χ4v) is 6.38. The molecule has 4 aromatic rings. The number of urea groups is 1. The second kappa shape index (κ2) is 15.9. The van der Waals surface area contributed by atoms with Crippen molar-refractivity contribution in [1.29, 1.82) is 0 Å². The SMILES string of the molecule is COC(=O)c1cccc(CCN2C(=O)N(CCc3cccc(C(=O)OC)c3)[C@H](Cc3ccccc3)C[C@H]2CCc2ccccc2)c1. The van der Waals surface area contributed by atoms with Crippen molar-refractivity contribution >= 4 is 18.0 Å². The first kappa shape index (κ1) is 32.5. The van der Waals surface area contributed by atoms with Gasteiger partial charge in [0.2, 0.25) is 0 Å². The standard InChI is InChI=1S/C39H42N2O5/c1-45-37(42)33-17-9-15-31(25-33)21-23-40-35(20-19-29-11-5-3-6-12-29)28-36(27-30-13-7-4-8-14-30)41(39(40)44)24-22-32-16-10-18-34(26-32)38(43)46-2/h3-18,25-26,35-36H,19-24,27-28H2,1-2H3/t35-,36-/m1/s1. The summed E-state index contributed by atoms with van der Waals surface area (Å²) in [5, 5.41) is 0.